The molecule has 0 saturated heterocycles. The van der Waals surface area contributed by atoms with Gasteiger partial charge in [0.15, 0.2) is 0 Å². The number of nitrogens with zero attached hydrogens (tertiary/aromatic N) is 1. The maximum atomic E-state index is 4.08. The molecule has 0 fully saturated rings. The zero-order valence-corrected chi connectivity index (χ0v) is 12.2. The number of aromatic amines is 1. The van der Waals surface area contributed by atoms with E-state index in [0.717, 1.165) is 21.1 Å². The molecule has 0 amide bonds. The summed E-state index contributed by atoms with van der Waals surface area (Å²) in [6, 6.07) is 8.58. The predicted octanol–water partition coefficient (Wildman–Crippen LogP) is 4.56. The van der Waals surface area contributed by atoms with Crippen LogP contribution in [0.2, 0.25) is 0 Å². The number of aromatic nitrogens is 2. The van der Waals surface area contributed by atoms with Crippen molar-refractivity contribution in [2.75, 3.05) is 5.32 Å². The van der Waals surface area contributed by atoms with E-state index in [2.05, 4.69) is 61.9 Å². The third-order valence-electron chi connectivity index (χ3n) is 2.86. The van der Waals surface area contributed by atoms with E-state index in [1.807, 2.05) is 12.3 Å². The van der Waals surface area contributed by atoms with Crippen LogP contribution in [0.15, 0.2) is 40.3 Å². The number of halogens is 1. The van der Waals surface area contributed by atoms with E-state index in [1.54, 1.807) is 11.3 Å². The van der Waals surface area contributed by atoms with Gasteiger partial charge in [-0.2, -0.15) is 5.10 Å². The molecule has 2 N–H and O–H groups in total. The quantitative estimate of drug-likeness (QED) is 0.742. The first-order valence-electron chi connectivity index (χ1n) is 5.66. The van der Waals surface area contributed by atoms with E-state index in [4.69, 9.17) is 0 Å². The second-order valence-electron chi connectivity index (χ2n) is 4.17. The highest BCUT2D eigenvalue weighted by molar-refractivity contribution is 9.10. The van der Waals surface area contributed by atoms with Crippen LogP contribution in [0.5, 0.6) is 0 Å². The Morgan fingerprint density at radius 2 is 2.33 bits per heavy atom. The monoisotopic (exact) mass is 321 g/mol. The van der Waals surface area contributed by atoms with Gasteiger partial charge in [0.2, 0.25) is 0 Å². The predicted molar refractivity (Wildman–Crippen MR) is 80.2 cm³/mol. The van der Waals surface area contributed by atoms with Crippen LogP contribution in [0, 0.1) is 0 Å². The Bertz CT molecular complexity index is 673. The van der Waals surface area contributed by atoms with Gasteiger partial charge >= 0.3 is 0 Å². The van der Waals surface area contributed by atoms with Gasteiger partial charge in [0.05, 0.1) is 23.4 Å². The van der Waals surface area contributed by atoms with Gasteiger partial charge in [0.1, 0.15) is 0 Å². The molecule has 0 aliphatic rings. The fourth-order valence-corrected chi connectivity index (χ4v) is 3.40. The van der Waals surface area contributed by atoms with E-state index in [1.165, 1.54) is 4.88 Å². The second-order valence-corrected chi connectivity index (χ2v) is 6.03. The summed E-state index contributed by atoms with van der Waals surface area (Å²) in [5, 5.41) is 13.9. The van der Waals surface area contributed by atoms with Crippen LogP contribution in [0.4, 0.5) is 5.69 Å². The molecule has 1 unspecified atom stereocenters. The molecule has 92 valence electrons. The Kier molecular flexibility index (Phi) is 3.09. The van der Waals surface area contributed by atoms with Crippen LogP contribution < -0.4 is 5.32 Å². The smallest absolute Gasteiger partial charge is 0.0881 e. The van der Waals surface area contributed by atoms with Crippen molar-refractivity contribution >= 4 is 43.9 Å². The SMILES string of the molecule is CC(Nc1cccc2cn[nH]c12)c1cc(Br)cs1. The highest BCUT2D eigenvalue weighted by atomic mass is 79.9. The summed E-state index contributed by atoms with van der Waals surface area (Å²) >= 11 is 5.24. The summed E-state index contributed by atoms with van der Waals surface area (Å²) in [7, 11) is 0. The minimum atomic E-state index is 0.273. The van der Waals surface area contributed by atoms with E-state index < -0.39 is 0 Å². The second kappa shape index (κ2) is 4.74. The summed E-state index contributed by atoms with van der Waals surface area (Å²) in [6.07, 6.45) is 1.84. The number of thiophene rings is 1. The van der Waals surface area contributed by atoms with Gasteiger partial charge in [0.25, 0.3) is 0 Å². The van der Waals surface area contributed by atoms with Crippen molar-refractivity contribution in [3.05, 3.63) is 45.2 Å². The number of anilines is 1. The third kappa shape index (κ3) is 2.15. The molecular formula is C13H12BrN3S. The summed E-state index contributed by atoms with van der Waals surface area (Å²) in [6.45, 7) is 2.16. The first kappa shape index (κ1) is 11.7. The van der Waals surface area contributed by atoms with Crippen molar-refractivity contribution in [3.63, 3.8) is 0 Å². The van der Waals surface area contributed by atoms with Gasteiger partial charge in [-0.15, -0.1) is 11.3 Å². The molecule has 0 radical (unpaired) electrons. The van der Waals surface area contributed by atoms with Gasteiger partial charge < -0.3 is 5.32 Å². The lowest BCUT2D eigenvalue weighted by Crippen LogP contribution is -2.05. The van der Waals surface area contributed by atoms with Gasteiger partial charge in [-0.3, -0.25) is 5.10 Å². The topological polar surface area (TPSA) is 40.7 Å². The van der Waals surface area contributed by atoms with Gasteiger partial charge in [-0.1, -0.05) is 12.1 Å². The van der Waals surface area contributed by atoms with E-state index in [9.17, 15) is 0 Å². The first-order valence-corrected chi connectivity index (χ1v) is 7.34. The maximum absolute atomic E-state index is 4.08. The highest BCUT2D eigenvalue weighted by Crippen LogP contribution is 2.29. The molecule has 0 aliphatic carbocycles. The molecule has 5 heteroatoms. The first-order chi connectivity index (χ1) is 8.74. The summed E-state index contributed by atoms with van der Waals surface area (Å²) in [4.78, 5) is 1.30. The largest absolute Gasteiger partial charge is 0.376 e. The summed E-state index contributed by atoms with van der Waals surface area (Å²) in [5.74, 6) is 0. The normalized spacial score (nSPS) is 12.8. The van der Waals surface area contributed by atoms with Crippen molar-refractivity contribution in [1.82, 2.24) is 10.2 Å². The Labute approximate surface area is 117 Å². The van der Waals surface area contributed by atoms with Crippen LogP contribution in [-0.2, 0) is 0 Å². The van der Waals surface area contributed by atoms with Gasteiger partial charge in [-0.05, 0) is 35.0 Å². The van der Waals surface area contributed by atoms with Gasteiger partial charge in [-0.25, -0.2) is 0 Å². The number of rotatable bonds is 3. The molecule has 1 aromatic carbocycles. The zero-order valence-electron chi connectivity index (χ0n) is 9.77. The van der Waals surface area contributed by atoms with Crippen molar-refractivity contribution in [2.45, 2.75) is 13.0 Å². The molecule has 0 spiro atoms. The van der Waals surface area contributed by atoms with Crippen molar-refractivity contribution in [2.24, 2.45) is 0 Å². The van der Waals surface area contributed by atoms with E-state index in [-0.39, 0.29) is 6.04 Å². The molecule has 2 heterocycles. The molecule has 3 aromatic rings. The molecule has 0 aliphatic heterocycles. The fraction of sp³-hybridized carbons (Fsp3) is 0.154. The number of para-hydroxylation sites is 1. The van der Waals surface area contributed by atoms with Crippen molar-refractivity contribution in [1.29, 1.82) is 0 Å². The molecule has 1 atom stereocenters. The number of benzene rings is 1. The van der Waals surface area contributed by atoms with Crippen molar-refractivity contribution in [3.8, 4) is 0 Å². The molecule has 3 nitrogen and oxygen atoms in total. The standard InChI is InChI=1S/C13H12BrN3S/c1-8(12-5-10(14)7-18-12)16-11-4-2-3-9-6-15-17-13(9)11/h2-8,16H,1H3,(H,15,17). The van der Waals surface area contributed by atoms with Crippen LogP contribution in [-0.4, -0.2) is 10.2 Å². The zero-order chi connectivity index (χ0) is 12.5. The Morgan fingerprint density at radius 1 is 1.44 bits per heavy atom. The Morgan fingerprint density at radius 3 is 3.11 bits per heavy atom. The number of fused-ring (bicyclic) bond motifs is 1. The lowest BCUT2D eigenvalue weighted by Gasteiger charge is -2.14. The highest BCUT2D eigenvalue weighted by Gasteiger charge is 2.10. The number of H-pyrrole nitrogens is 1. The average molecular weight is 322 g/mol. The minimum absolute atomic E-state index is 0.273. The van der Waals surface area contributed by atoms with Crippen molar-refractivity contribution < 1.29 is 0 Å². The number of hydrogen-bond acceptors (Lipinski definition) is 3. The molecule has 18 heavy (non-hydrogen) atoms. The van der Waals surface area contributed by atoms with Gasteiger partial charge in [0, 0.05) is 20.1 Å². The van der Waals surface area contributed by atoms with E-state index in [0.29, 0.717) is 0 Å². The Hall–Kier alpha value is -1.33. The lowest BCUT2D eigenvalue weighted by molar-refractivity contribution is 0.908. The third-order valence-corrected chi connectivity index (χ3v) is 4.74. The fourth-order valence-electron chi connectivity index (χ4n) is 1.95. The lowest BCUT2D eigenvalue weighted by atomic mass is 10.2. The Balaban J connectivity index is 1.90. The molecule has 0 bridgehead atoms. The van der Waals surface area contributed by atoms with Crippen LogP contribution in [0.1, 0.15) is 17.8 Å². The summed E-state index contributed by atoms with van der Waals surface area (Å²) in [5.41, 5.74) is 2.14. The molecular weight excluding hydrogens is 310 g/mol. The maximum Gasteiger partial charge on any atom is 0.0881 e. The molecule has 2 aromatic heterocycles. The summed E-state index contributed by atoms with van der Waals surface area (Å²) < 4.78 is 1.14. The van der Waals surface area contributed by atoms with Crippen LogP contribution in [0.3, 0.4) is 0 Å². The van der Waals surface area contributed by atoms with Crippen LogP contribution in [0.25, 0.3) is 10.9 Å². The number of hydrogen-bond donors (Lipinski definition) is 2. The van der Waals surface area contributed by atoms with Crippen LogP contribution >= 0.6 is 27.3 Å². The number of nitrogens with one attached hydrogen (secondary N) is 2. The minimum Gasteiger partial charge on any atom is -0.376 e. The molecule has 0 saturated carbocycles. The molecule has 3 rings (SSSR count). The average Bonchev–Trinajstić information content (AvgIpc) is 2.97. The van der Waals surface area contributed by atoms with E-state index >= 15 is 0 Å².